The number of pyridine rings is 1. The third-order valence-electron chi connectivity index (χ3n) is 1.72. The van der Waals surface area contributed by atoms with E-state index in [4.69, 9.17) is 10.8 Å². The van der Waals surface area contributed by atoms with Crippen LogP contribution in [-0.2, 0) is 0 Å². The topological polar surface area (TPSA) is 76.2 Å². The summed E-state index contributed by atoms with van der Waals surface area (Å²) in [5, 5.41) is 8.62. The predicted molar refractivity (Wildman–Crippen MR) is 48.2 cm³/mol. The number of halogens is 2. The first-order chi connectivity index (χ1) is 7.06. The van der Waals surface area contributed by atoms with Gasteiger partial charge in [0, 0.05) is 6.42 Å². The highest BCUT2D eigenvalue weighted by molar-refractivity contribution is 5.92. The molecule has 0 atom stereocenters. The highest BCUT2D eigenvalue weighted by Crippen LogP contribution is 2.18. The minimum absolute atomic E-state index is 0.245. The highest BCUT2D eigenvalue weighted by atomic mass is 19.3. The van der Waals surface area contributed by atoms with Crippen molar-refractivity contribution in [1.29, 1.82) is 0 Å². The molecule has 6 heteroatoms. The molecule has 0 unspecified atom stereocenters. The van der Waals surface area contributed by atoms with Gasteiger partial charge in [-0.15, -0.1) is 0 Å². The molecule has 3 N–H and O–H groups in total. The number of nitrogens with zero attached hydrogens (tertiary/aromatic N) is 1. The predicted octanol–water partition coefficient (Wildman–Crippen LogP) is 0.663. The molecular formula is C9H9F2N2O2. The van der Waals surface area contributed by atoms with Crippen molar-refractivity contribution in [3.63, 3.8) is 0 Å². The second-order valence-corrected chi connectivity index (χ2v) is 2.73. The van der Waals surface area contributed by atoms with Gasteiger partial charge in [0.05, 0.1) is 6.61 Å². The fraction of sp³-hybridized carbons (Fsp3) is 0.222. The number of nitrogens with two attached hydrogens (primary N) is 1. The van der Waals surface area contributed by atoms with Crippen molar-refractivity contribution in [1.82, 2.24) is 4.98 Å². The van der Waals surface area contributed by atoms with E-state index >= 15 is 0 Å². The number of aliphatic hydroxyl groups is 1. The van der Waals surface area contributed by atoms with Gasteiger partial charge in [-0.2, -0.15) is 0 Å². The summed E-state index contributed by atoms with van der Waals surface area (Å²) in [5.74, 6) is -0.905. The van der Waals surface area contributed by atoms with Crippen LogP contribution in [0.3, 0.4) is 0 Å². The van der Waals surface area contributed by atoms with Gasteiger partial charge in [0.25, 0.3) is 12.3 Å². The van der Waals surface area contributed by atoms with Gasteiger partial charge < -0.3 is 10.8 Å². The summed E-state index contributed by atoms with van der Waals surface area (Å²) < 4.78 is 24.5. The Balaban J connectivity index is 3.14. The lowest BCUT2D eigenvalue weighted by atomic mass is 10.1. The lowest BCUT2D eigenvalue weighted by molar-refractivity contribution is 0.0992. The van der Waals surface area contributed by atoms with Crippen molar-refractivity contribution >= 4 is 5.91 Å². The molecule has 81 valence electrons. The number of carbonyl (C=O) groups excluding carboxylic acids is 1. The molecule has 0 aliphatic heterocycles. The number of amides is 1. The monoisotopic (exact) mass is 215 g/mol. The number of primary amides is 1. The second kappa shape index (κ2) is 4.79. The summed E-state index contributed by atoms with van der Waals surface area (Å²) in [5.41, 5.74) is 4.43. The van der Waals surface area contributed by atoms with Gasteiger partial charge in [-0.25, -0.2) is 13.8 Å². The molecule has 4 nitrogen and oxygen atoms in total. The van der Waals surface area contributed by atoms with E-state index < -0.39 is 18.0 Å². The van der Waals surface area contributed by atoms with Crippen LogP contribution in [0.2, 0.25) is 0 Å². The summed E-state index contributed by atoms with van der Waals surface area (Å²) >= 11 is 0. The second-order valence-electron chi connectivity index (χ2n) is 2.73. The van der Waals surface area contributed by atoms with Crippen LogP contribution in [-0.4, -0.2) is 22.6 Å². The van der Waals surface area contributed by atoms with E-state index in [9.17, 15) is 13.6 Å². The van der Waals surface area contributed by atoms with E-state index in [2.05, 4.69) is 4.98 Å². The average Bonchev–Trinajstić information content (AvgIpc) is 2.18. The van der Waals surface area contributed by atoms with E-state index in [0.29, 0.717) is 0 Å². The van der Waals surface area contributed by atoms with Gasteiger partial charge in [-0.3, -0.25) is 4.79 Å². The van der Waals surface area contributed by atoms with Crippen molar-refractivity contribution in [3.8, 4) is 0 Å². The third kappa shape index (κ3) is 2.69. The van der Waals surface area contributed by atoms with E-state index in [-0.39, 0.29) is 17.9 Å². The Morgan fingerprint density at radius 1 is 1.60 bits per heavy atom. The molecule has 0 bridgehead atoms. The molecule has 0 aliphatic rings. The Bertz CT molecular complexity index is 369. The van der Waals surface area contributed by atoms with Gasteiger partial charge in [0.1, 0.15) is 11.4 Å². The van der Waals surface area contributed by atoms with Gasteiger partial charge in [-0.05, 0) is 11.6 Å². The minimum atomic E-state index is -2.76. The molecule has 15 heavy (non-hydrogen) atoms. The fourth-order valence-electron chi connectivity index (χ4n) is 1.07. The van der Waals surface area contributed by atoms with Crippen LogP contribution in [0.1, 0.15) is 28.2 Å². The molecule has 0 aromatic carbocycles. The Hall–Kier alpha value is -1.56. The number of carbonyl (C=O) groups is 1. The van der Waals surface area contributed by atoms with Crippen LogP contribution in [0.4, 0.5) is 8.78 Å². The van der Waals surface area contributed by atoms with Crippen LogP contribution in [0.25, 0.3) is 0 Å². The van der Waals surface area contributed by atoms with Crippen molar-refractivity contribution in [2.24, 2.45) is 5.73 Å². The third-order valence-corrected chi connectivity index (χ3v) is 1.72. The van der Waals surface area contributed by atoms with Crippen molar-refractivity contribution in [3.05, 3.63) is 35.5 Å². The molecule has 0 aliphatic carbocycles. The van der Waals surface area contributed by atoms with Crippen molar-refractivity contribution in [2.75, 3.05) is 6.61 Å². The molecule has 0 saturated heterocycles. The number of rotatable bonds is 4. The zero-order valence-electron chi connectivity index (χ0n) is 7.65. The Morgan fingerprint density at radius 2 is 2.27 bits per heavy atom. The summed E-state index contributed by atoms with van der Waals surface area (Å²) in [7, 11) is 0. The normalized spacial score (nSPS) is 10.7. The van der Waals surface area contributed by atoms with Crippen LogP contribution in [0.15, 0.2) is 12.1 Å². The van der Waals surface area contributed by atoms with Gasteiger partial charge in [-0.1, -0.05) is 6.07 Å². The van der Waals surface area contributed by atoms with Crippen LogP contribution in [0, 0.1) is 6.42 Å². The maximum Gasteiger partial charge on any atom is 0.280 e. The molecule has 1 amide bonds. The van der Waals surface area contributed by atoms with E-state index in [1.165, 1.54) is 12.5 Å². The standard InChI is InChI=1S/C9H9F2N2O2/c10-8(11)6-2-1-5(3-4-14)7(13-6)9(12)15/h1-3,8,14H,4H2,(H2,12,15). The van der Waals surface area contributed by atoms with E-state index in [1.807, 2.05) is 0 Å². The Morgan fingerprint density at radius 3 is 2.73 bits per heavy atom. The number of aromatic nitrogens is 1. The smallest absolute Gasteiger partial charge is 0.280 e. The number of hydrogen-bond acceptors (Lipinski definition) is 3. The SMILES string of the molecule is NC(=O)c1nc(C(F)F)ccc1[CH]CO. The molecule has 1 aromatic heterocycles. The van der Waals surface area contributed by atoms with Crippen molar-refractivity contribution < 1.29 is 18.7 Å². The summed E-state index contributed by atoms with van der Waals surface area (Å²) in [6.45, 7) is -0.323. The Kier molecular flexibility index (Phi) is 3.68. The van der Waals surface area contributed by atoms with Crippen molar-refractivity contribution in [2.45, 2.75) is 6.43 Å². The quantitative estimate of drug-likeness (QED) is 0.774. The maximum atomic E-state index is 12.3. The largest absolute Gasteiger partial charge is 0.396 e. The van der Waals surface area contributed by atoms with Crippen LogP contribution in [0.5, 0.6) is 0 Å². The number of aliphatic hydroxyl groups excluding tert-OH is 1. The van der Waals surface area contributed by atoms with Crippen LogP contribution >= 0.6 is 0 Å². The molecule has 1 heterocycles. The summed E-state index contributed by atoms with van der Waals surface area (Å²) in [6.07, 6.45) is -1.49. The zero-order chi connectivity index (χ0) is 11.4. The molecule has 0 spiro atoms. The summed E-state index contributed by atoms with van der Waals surface area (Å²) in [6, 6.07) is 2.35. The number of alkyl halides is 2. The molecule has 0 fully saturated rings. The minimum Gasteiger partial charge on any atom is -0.396 e. The molecular weight excluding hydrogens is 206 g/mol. The fourth-order valence-corrected chi connectivity index (χ4v) is 1.07. The highest BCUT2D eigenvalue weighted by Gasteiger charge is 2.15. The lowest BCUT2D eigenvalue weighted by Crippen LogP contribution is -2.17. The Labute approximate surface area is 84.7 Å². The van der Waals surface area contributed by atoms with E-state index in [0.717, 1.165) is 6.07 Å². The first kappa shape index (κ1) is 11.5. The number of hydrogen-bond donors (Lipinski definition) is 2. The first-order valence-corrected chi connectivity index (χ1v) is 4.09. The molecule has 1 radical (unpaired) electrons. The average molecular weight is 215 g/mol. The molecule has 0 saturated carbocycles. The first-order valence-electron chi connectivity index (χ1n) is 4.09. The molecule has 1 rings (SSSR count). The summed E-state index contributed by atoms with van der Waals surface area (Å²) in [4.78, 5) is 14.3. The molecule has 1 aromatic rings. The van der Waals surface area contributed by atoms with Crippen LogP contribution < -0.4 is 5.73 Å². The van der Waals surface area contributed by atoms with E-state index in [1.54, 1.807) is 0 Å². The zero-order valence-corrected chi connectivity index (χ0v) is 7.65. The van der Waals surface area contributed by atoms with Gasteiger partial charge in [0.2, 0.25) is 0 Å². The lowest BCUT2D eigenvalue weighted by Gasteiger charge is -2.06. The van der Waals surface area contributed by atoms with Gasteiger partial charge in [0.15, 0.2) is 0 Å². The maximum absolute atomic E-state index is 12.3. The van der Waals surface area contributed by atoms with Gasteiger partial charge >= 0.3 is 0 Å².